The zero-order chi connectivity index (χ0) is 20.4. The van der Waals surface area contributed by atoms with Crippen LogP contribution in [0.5, 0.6) is 0 Å². The van der Waals surface area contributed by atoms with Crippen LogP contribution >= 0.6 is 11.3 Å². The molecule has 0 radical (unpaired) electrons. The summed E-state index contributed by atoms with van der Waals surface area (Å²) in [5.74, 6) is -0.115. The maximum Gasteiger partial charge on any atom is 0.295 e. The van der Waals surface area contributed by atoms with Gasteiger partial charge in [-0.2, -0.15) is 0 Å². The molecule has 3 heterocycles. The number of aromatic nitrogens is 3. The molecule has 1 amide bonds. The van der Waals surface area contributed by atoms with Crippen LogP contribution in [0, 0.1) is 17.0 Å². The Kier molecular flexibility index (Phi) is 5.32. The highest BCUT2D eigenvalue weighted by Crippen LogP contribution is 2.32. The lowest BCUT2D eigenvalue weighted by Crippen LogP contribution is -2.48. The summed E-state index contributed by atoms with van der Waals surface area (Å²) >= 11 is 1.28. The molecule has 150 valence electrons. The fourth-order valence-electron chi connectivity index (χ4n) is 3.49. The number of benzene rings is 1. The molecule has 1 aliphatic heterocycles. The number of amides is 1. The highest BCUT2D eigenvalue weighted by atomic mass is 32.1. The van der Waals surface area contributed by atoms with Crippen molar-refractivity contribution in [2.75, 3.05) is 42.9 Å². The lowest BCUT2D eigenvalue weighted by atomic mass is 10.1. The number of anilines is 2. The quantitative estimate of drug-likeness (QED) is 0.499. The first-order valence-corrected chi connectivity index (χ1v) is 9.97. The van der Waals surface area contributed by atoms with E-state index in [0.717, 1.165) is 16.8 Å². The van der Waals surface area contributed by atoms with Gasteiger partial charge in [0.15, 0.2) is 5.52 Å². The molecule has 1 aromatic carbocycles. The molecule has 0 aliphatic carbocycles. The average molecular weight is 413 g/mol. The van der Waals surface area contributed by atoms with E-state index in [1.807, 2.05) is 19.1 Å². The van der Waals surface area contributed by atoms with E-state index < -0.39 is 4.92 Å². The van der Waals surface area contributed by atoms with Crippen molar-refractivity contribution in [1.82, 2.24) is 20.1 Å². The molecule has 4 rings (SSSR count). The van der Waals surface area contributed by atoms with Crippen LogP contribution in [0.15, 0.2) is 29.8 Å². The van der Waals surface area contributed by atoms with Crippen molar-refractivity contribution in [2.24, 2.45) is 0 Å². The van der Waals surface area contributed by atoms with Crippen LogP contribution in [0.3, 0.4) is 0 Å². The number of rotatable bonds is 5. The van der Waals surface area contributed by atoms with Gasteiger partial charge in [-0.15, -0.1) is 10.2 Å². The van der Waals surface area contributed by atoms with E-state index in [0.29, 0.717) is 36.8 Å². The number of nitrogens with zero attached hydrogens (tertiary/aromatic N) is 6. The van der Waals surface area contributed by atoms with Crippen molar-refractivity contribution in [3.8, 4) is 0 Å². The lowest BCUT2D eigenvalue weighted by molar-refractivity contribution is -0.383. The monoisotopic (exact) mass is 413 g/mol. The van der Waals surface area contributed by atoms with Gasteiger partial charge in [-0.3, -0.25) is 25.1 Å². The van der Waals surface area contributed by atoms with Crippen molar-refractivity contribution in [3.05, 3.63) is 45.6 Å². The molecule has 1 fully saturated rings. The number of non-ortho nitro benzene ring substituents is 1. The minimum Gasteiger partial charge on any atom is -0.368 e. The van der Waals surface area contributed by atoms with Gasteiger partial charge in [0.1, 0.15) is 5.51 Å². The van der Waals surface area contributed by atoms with Crippen LogP contribution in [-0.2, 0) is 4.79 Å². The van der Waals surface area contributed by atoms with E-state index in [4.69, 9.17) is 0 Å². The molecule has 0 spiro atoms. The van der Waals surface area contributed by atoms with Crippen LogP contribution in [-0.4, -0.2) is 63.6 Å². The second kappa shape index (κ2) is 8.05. The Morgan fingerprint density at radius 2 is 2.10 bits per heavy atom. The molecule has 0 saturated carbocycles. The van der Waals surface area contributed by atoms with E-state index in [9.17, 15) is 14.9 Å². The number of aryl methyl sites for hydroxylation is 1. The van der Waals surface area contributed by atoms with Crippen LogP contribution in [0.4, 0.5) is 16.5 Å². The van der Waals surface area contributed by atoms with Gasteiger partial charge >= 0.3 is 0 Å². The van der Waals surface area contributed by atoms with E-state index in [1.165, 1.54) is 17.4 Å². The van der Waals surface area contributed by atoms with Crippen molar-refractivity contribution in [1.29, 1.82) is 0 Å². The Labute approximate surface area is 170 Å². The van der Waals surface area contributed by atoms with Crippen LogP contribution in [0.25, 0.3) is 10.9 Å². The molecular weight excluding hydrogens is 394 g/mol. The summed E-state index contributed by atoms with van der Waals surface area (Å²) in [6.45, 7) is 4.98. The number of nitro benzene ring substituents is 1. The minimum absolute atomic E-state index is 0.0134. The number of carbonyl (C=O) groups is 1. The van der Waals surface area contributed by atoms with E-state index in [-0.39, 0.29) is 18.1 Å². The van der Waals surface area contributed by atoms with Crippen LogP contribution in [0.2, 0.25) is 0 Å². The van der Waals surface area contributed by atoms with Gasteiger partial charge < -0.3 is 4.90 Å². The Bertz CT molecular complexity index is 1050. The molecule has 29 heavy (non-hydrogen) atoms. The molecule has 0 unspecified atom stereocenters. The fourth-order valence-corrected chi connectivity index (χ4v) is 3.95. The topological polar surface area (TPSA) is 117 Å². The van der Waals surface area contributed by atoms with Gasteiger partial charge in [0.2, 0.25) is 11.0 Å². The average Bonchev–Trinajstić information content (AvgIpc) is 3.20. The highest BCUT2D eigenvalue weighted by Gasteiger charge is 2.23. The first-order chi connectivity index (χ1) is 14.0. The highest BCUT2D eigenvalue weighted by molar-refractivity contribution is 7.13. The maximum atomic E-state index is 12.2. The van der Waals surface area contributed by atoms with E-state index in [1.54, 1.807) is 11.6 Å². The predicted molar refractivity (Wildman–Crippen MR) is 110 cm³/mol. The number of nitrogens with one attached hydrogen (secondary N) is 1. The Morgan fingerprint density at radius 1 is 1.31 bits per heavy atom. The lowest BCUT2D eigenvalue weighted by Gasteiger charge is -2.36. The molecule has 10 nitrogen and oxygen atoms in total. The fraction of sp³-hybridized carbons (Fsp3) is 0.333. The molecule has 0 bridgehead atoms. The maximum absolute atomic E-state index is 12.2. The standard InChI is InChI=1S/C18H19N7O3S/c1-12-9-15(13-3-2-4-14(25(27)28)17(13)20-12)24-7-5-23(6-8-24)10-16(26)21-18-22-19-11-29-18/h2-4,9,11H,5-8,10H2,1H3,(H,21,22,26). The number of pyridine rings is 1. The Morgan fingerprint density at radius 3 is 2.79 bits per heavy atom. The van der Waals surface area contributed by atoms with Crippen molar-refractivity contribution in [3.63, 3.8) is 0 Å². The van der Waals surface area contributed by atoms with Crippen molar-refractivity contribution in [2.45, 2.75) is 6.92 Å². The Hall–Kier alpha value is -3.18. The van der Waals surface area contributed by atoms with Gasteiger partial charge in [0.05, 0.1) is 11.5 Å². The van der Waals surface area contributed by atoms with Crippen molar-refractivity contribution >= 4 is 44.7 Å². The van der Waals surface area contributed by atoms with Crippen LogP contribution in [0.1, 0.15) is 5.69 Å². The third kappa shape index (κ3) is 4.15. The molecule has 0 atom stereocenters. The smallest absolute Gasteiger partial charge is 0.295 e. The number of para-hydroxylation sites is 1. The van der Waals surface area contributed by atoms with Gasteiger partial charge in [-0.1, -0.05) is 23.5 Å². The zero-order valence-electron chi connectivity index (χ0n) is 15.7. The Balaban J connectivity index is 1.47. The number of hydrogen-bond donors (Lipinski definition) is 1. The second-order valence-corrected chi connectivity index (χ2v) is 7.60. The molecule has 3 aromatic rings. The van der Waals surface area contributed by atoms with Gasteiger partial charge in [0.25, 0.3) is 5.69 Å². The van der Waals surface area contributed by atoms with Crippen LogP contribution < -0.4 is 10.2 Å². The molecule has 1 N–H and O–H groups in total. The summed E-state index contributed by atoms with van der Waals surface area (Å²) in [5, 5.41) is 22.9. The summed E-state index contributed by atoms with van der Waals surface area (Å²) in [6, 6.07) is 7.00. The molecular formula is C18H19N7O3S. The van der Waals surface area contributed by atoms with Gasteiger partial charge in [-0.25, -0.2) is 4.98 Å². The first kappa shape index (κ1) is 19.2. The predicted octanol–water partition coefficient (Wildman–Crippen LogP) is 2.06. The SMILES string of the molecule is Cc1cc(N2CCN(CC(=O)Nc3nncs3)CC2)c2cccc([N+](=O)[O-])c2n1. The normalized spacial score (nSPS) is 14.9. The first-order valence-electron chi connectivity index (χ1n) is 9.09. The number of hydrogen-bond acceptors (Lipinski definition) is 9. The molecule has 11 heteroatoms. The number of nitro groups is 1. The molecule has 1 saturated heterocycles. The van der Waals surface area contributed by atoms with E-state index in [2.05, 4.69) is 30.3 Å². The summed E-state index contributed by atoms with van der Waals surface area (Å²) < 4.78 is 0. The summed E-state index contributed by atoms with van der Waals surface area (Å²) in [4.78, 5) is 31.8. The number of piperazine rings is 1. The van der Waals surface area contributed by atoms with Gasteiger partial charge in [-0.05, 0) is 13.0 Å². The number of carbonyl (C=O) groups excluding carboxylic acids is 1. The largest absolute Gasteiger partial charge is 0.368 e. The minimum atomic E-state index is -0.396. The number of fused-ring (bicyclic) bond motifs is 1. The van der Waals surface area contributed by atoms with Gasteiger partial charge in [0, 0.05) is 49.0 Å². The summed E-state index contributed by atoms with van der Waals surface area (Å²) in [6.07, 6.45) is 0. The summed E-state index contributed by atoms with van der Waals surface area (Å²) in [5.41, 5.74) is 3.67. The van der Waals surface area contributed by atoms with Crippen molar-refractivity contribution < 1.29 is 9.72 Å². The van der Waals surface area contributed by atoms with E-state index >= 15 is 0 Å². The molecule has 2 aromatic heterocycles. The summed E-state index contributed by atoms with van der Waals surface area (Å²) in [7, 11) is 0. The second-order valence-electron chi connectivity index (χ2n) is 6.77. The third-order valence-corrected chi connectivity index (χ3v) is 5.41. The zero-order valence-corrected chi connectivity index (χ0v) is 16.6. The third-order valence-electron chi connectivity index (χ3n) is 4.81. The molecule has 1 aliphatic rings.